The van der Waals surface area contributed by atoms with Crippen molar-refractivity contribution in [2.24, 2.45) is 0 Å². The van der Waals surface area contributed by atoms with Gasteiger partial charge in [-0.3, -0.25) is 0 Å². The molecule has 2 fully saturated rings. The molecule has 1 aromatic carbocycles. The molecule has 2 heterocycles. The molecule has 2 saturated heterocycles. The fraction of sp³-hybridized carbons (Fsp3) is 0.588. The van der Waals surface area contributed by atoms with Gasteiger partial charge in [0.1, 0.15) is 5.82 Å². The Bertz CT molecular complexity index is 543. The summed E-state index contributed by atoms with van der Waals surface area (Å²) >= 11 is 0. The monoisotopic (exact) mass is 305 g/mol. The van der Waals surface area contributed by atoms with Crippen molar-refractivity contribution in [3.63, 3.8) is 0 Å². The third-order valence-corrected chi connectivity index (χ3v) is 4.74. The second-order valence-corrected chi connectivity index (χ2v) is 6.39. The molecule has 22 heavy (non-hydrogen) atoms. The summed E-state index contributed by atoms with van der Waals surface area (Å²) in [5.74, 6) is -0.274. The molecule has 4 nitrogen and oxygen atoms in total. The number of benzene rings is 1. The summed E-state index contributed by atoms with van der Waals surface area (Å²) in [6.07, 6.45) is 4.68. The van der Waals surface area contributed by atoms with Crippen molar-refractivity contribution in [1.29, 1.82) is 0 Å². The highest BCUT2D eigenvalue weighted by atomic mass is 19.1. The third kappa shape index (κ3) is 3.40. The summed E-state index contributed by atoms with van der Waals surface area (Å²) in [5, 5.41) is 2.94. The van der Waals surface area contributed by atoms with Crippen LogP contribution >= 0.6 is 0 Å². The van der Waals surface area contributed by atoms with Crippen LogP contribution in [0.5, 0.6) is 0 Å². The van der Waals surface area contributed by atoms with E-state index in [4.69, 9.17) is 0 Å². The molecule has 2 amide bonds. The first kappa shape index (κ1) is 15.3. The second kappa shape index (κ2) is 6.65. The third-order valence-electron chi connectivity index (χ3n) is 4.74. The Morgan fingerprint density at radius 1 is 1.27 bits per heavy atom. The van der Waals surface area contributed by atoms with Crippen molar-refractivity contribution < 1.29 is 9.18 Å². The molecule has 0 spiro atoms. The van der Waals surface area contributed by atoms with Crippen LogP contribution in [0.2, 0.25) is 0 Å². The minimum atomic E-state index is -0.274. The number of carbonyl (C=O) groups excluding carboxylic acids is 1. The first-order valence-electron chi connectivity index (χ1n) is 8.19. The zero-order chi connectivity index (χ0) is 15.5. The van der Waals surface area contributed by atoms with Crippen LogP contribution in [-0.4, -0.2) is 48.1 Å². The Balaban J connectivity index is 1.62. The number of rotatable bonds is 3. The van der Waals surface area contributed by atoms with Crippen molar-refractivity contribution in [2.75, 3.05) is 31.5 Å². The summed E-state index contributed by atoms with van der Waals surface area (Å²) in [4.78, 5) is 16.9. The predicted octanol–water partition coefficient (Wildman–Crippen LogP) is 3.23. The highest BCUT2D eigenvalue weighted by Gasteiger charge is 2.31. The molecule has 0 radical (unpaired) electrons. The molecule has 0 saturated carbocycles. The van der Waals surface area contributed by atoms with Crippen molar-refractivity contribution in [1.82, 2.24) is 9.80 Å². The number of carbonyl (C=O) groups is 1. The van der Waals surface area contributed by atoms with Crippen LogP contribution in [0.3, 0.4) is 0 Å². The van der Waals surface area contributed by atoms with Gasteiger partial charge >= 0.3 is 6.03 Å². The zero-order valence-corrected chi connectivity index (χ0v) is 13.1. The zero-order valence-electron chi connectivity index (χ0n) is 13.1. The van der Waals surface area contributed by atoms with Crippen molar-refractivity contribution in [3.8, 4) is 0 Å². The maximum Gasteiger partial charge on any atom is 0.322 e. The molecule has 1 N–H and O–H groups in total. The van der Waals surface area contributed by atoms with E-state index in [1.807, 2.05) is 11.8 Å². The van der Waals surface area contributed by atoms with Crippen LogP contribution in [-0.2, 0) is 0 Å². The van der Waals surface area contributed by atoms with Crippen LogP contribution in [0.15, 0.2) is 18.2 Å². The lowest BCUT2D eigenvalue weighted by Gasteiger charge is -2.28. The van der Waals surface area contributed by atoms with Crippen molar-refractivity contribution in [3.05, 3.63) is 29.6 Å². The Labute approximate surface area is 131 Å². The van der Waals surface area contributed by atoms with Crippen molar-refractivity contribution in [2.45, 2.75) is 38.6 Å². The van der Waals surface area contributed by atoms with Gasteiger partial charge in [0.05, 0.1) is 0 Å². The van der Waals surface area contributed by atoms with Gasteiger partial charge in [-0.25, -0.2) is 9.18 Å². The second-order valence-electron chi connectivity index (χ2n) is 6.39. The molecule has 1 atom stereocenters. The van der Waals surface area contributed by atoms with Crippen LogP contribution < -0.4 is 5.32 Å². The number of nitrogens with one attached hydrogen (secondary N) is 1. The molecule has 0 aromatic heterocycles. The number of halogens is 1. The fourth-order valence-electron chi connectivity index (χ4n) is 3.51. The van der Waals surface area contributed by atoms with E-state index in [1.165, 1.54) is 25.0 Å². The van der Waals surface area contributed by atoms with Crippen LogP contribution in [0.4, 0.5) is 14.9 Å². The highest BCUT2D eigenvalue weighted by molar-refractivity contribution is 5.90. The van der Waals surface area contributed by atoms with Gasteiger partial charge in [-0.15, -0.1) is 0 Å². The van der Waals surface area contributed by atoms with E-state index in [1.54, 1.807) is 6.07 Å². The molecule has 1 aromatic rings. The topological polar surface area (TPSA) is 35.6 Å². The van der Waals surface area contributed by atoms with Crippen molar-refractivity contribution >= 4 is 11.7 Å². The molecule has 2 aliphatic rings. The van der Waals surface area contributed by atoms with Gasteiger partial charge in [0.2, 0.25) is 0 Å². The van der Waals surface area contributed by atoms with E-state index in [9.17, 15) is 9.18 Å². The number of likely N-dealkylation sites (tertiary alicyclic amines) is 2. The molecule has 3 rings (SSSR count). The van der Waals surface area contributed by atoms with Crippen LogP contribution in [0.1, 0.15) is 31.2 Å². The van der Waals surface area contributed by atoms with Gasteiger partial charge in [0.25, 0.3) is 0 Å². The summed E-state index contributed by atoms with van der Waals surface area (Å²) in [6.45, 7) is 5.91. The molecule has 2 aliphatic heterocycles. The van der Waals surface area contributed by atoms with E-state index in [2.05, 4.69) is 10.2 Å². The average Bonchev–Trinajstić information content (AvgIpc) is 3.14. The molecule has 0 bridgehead atoms. The van der Waals surface area contributed by atoms with Gasteiger partial charge in [0, 0.05) is 24.8 Å². The molecule has 0 unspecified atom stereocenters. The summed E-state index contributed by atoms with van der Waals surface area (Å²) in [5.41, 5.74) is 1.45. The Hall–Kier alpha value is -1.62. The molecule has 0 aliphatic carbocycles. The number of amides is 2. The quantitative estimate of drug-likeness (QED) is 0.930. The van der Waals surface area contributed by atoms with Crippen LogP contribution in [0.25, 0.3) is 0 Å². The lowest BCUT2D eigenvalue weighted by molar-refractivity contribution is 0.186. The summed E-state index contributed by atoms with van der Waals surface area (Å²) in [6, 6.07) is 4.71. The van der Waals surface area contributed by atoms with E-state index in [0.717, 1.165) is 44.6 Å². The lowest BCUT2D eigenvalue weighted by Crippen LogP contribution is -2.44. The fourth-order valence-corrected chi connectivity index (χ4v) is 3.51. The Morgan fingerprint density at radius 3 is 2.77 bits per heavy atom. The smallest absolute Gasteiger partial charge is 0.320 e. The van der Waals surface area contributed by atoms with E-state index < -0.39 is 0 Å². The Morgan fingerprint density at radius 2 is 2.05 bits per heavy atom. The van der Waals surface area contributed by atoms with E-state index >= 15 is 0 Å². The number of aryl methyl sites for hydroxylation is 1. The average molecular weight is 305 g/mol. The number of hydrogen-bond donors (Lipinski definition) is 1. The summed E-state index contributed by atoms with van der Waals surface area (Å²) in [7, 11) is 0. The number of nitrogens with zero attached hydrogens (tertiary/aromatic N) is 2. The van der Waals surface area contributed by atoms with E-state index in [-0.39, 0.29) is 11.8 Å². The normalized spacial score (nSPS) is 22.3. The minimum Gasteiger partial charge on any atom is -0.320 e. The molecular weight excluding hydrogens is 281 g/mol. The number of anilines is 1. The summed E-state index contributed by atoms with van der Waals surface area (Å²) < 4.78 is 13.1. The minimum absolute atomic E-state index is 0.0589. The first-order valence-corrected chi connectivity index (χ1v) is 8.19. The largest absolute Gasteiger partial charge is 0.322 e. The van der Waals surface area contributed by atoms with Gasteiger partial charge in [-0.05, 0) is 69.5 Å². The Kier molecular flexibility index (Phi) is 4.62. The van der Waals surface area contributed by atoms with Gasteiger partial charge in [-0.2, -0.15) is 0 Å². The SMILES string of the molecule is Cc1cc(F)ccc1NC(=O)N1CCC[C@H]1CN1CCCC1. The first-order chi connectivity index (χ1) is 10.6. The predicted molar refractivity (Wildman–Crippen MR) is 85.6 cm³/mol. The molecule has 120 valence electrons. The molecular formula is C17H24FN3O. The highest BCUT2D eigenvalue weighted by Crippen LogP contribution is 2.23. The van der Waals surface area contributed by atoms with E-state index in [0.29, 0.717) is 11.7 Å². The number of urea groups is 1. The van der Waals surface area contributed by atoms with Gasteiger partial charge in [-0.1, -0.05) is 0 Å². The maximum absolute atomic E-state index is 13.1. The standard InChI is InChI=1S/C17H24FN3O/c1-13-11-14(18)6-7-16(13)19-17(22)21-10-4-5-15(21)12-20-8-2-3-9-20/h6-7,11,15H,2-5,8-10,12H2,1H3,(H,19,22)/t15-/m0/s1. The van der Waals surface area contributed by atoms with Gasteiger partial charge < -0.3 is 15.1 Å². The molecule has 5 heteroatoms. The number of hydrogen-bond acceptors (Lipinski definition) is 2. The van der Waals surface area contributed by atoms with Gasteiger partial charge in [0.15, 0.2) is 0 Å². The maximum atomic E-state index is 13.1. The lowest BCUT2D eigenvalue weighted by atomic mass is 10.2. The van der Waals surface area contributed by atoms with Crippen LogP contribution in [0, 0.1) is 12.7 Å².